The molecule has 1 aliphatic rings. The second kappa shape index (κ2) is 5.38. The number of carbonyl (C=O) groups is 1. The molecular weight excluding hydrogens is 274 g/mol. The van der Waals surface area contributed by atoms with Crippen LogP contribution in [0.1, 0.15) is 26.3 Å². The molecule has 0 aromatic heterocycles. The smallest absolute Gasteiger partial charge is 0.417 e. The predicted molar refractivity (Wildman–Crippen MR) is 82.3 cm³/mol. The van der Waals surface area contributed by atoms with E-state index in [1.807, 2.05) is 45.0 Å². The minimum absolute atomic E-state index is 0.318. The standard InChI is InChI=1S/C14H19N3O2S/c1-5-19-13(18)16-12(20)17(15-14(16,3)4)11-8-6-10(2)7-9-11/h6-9,15H,5H2,1-4H3. The van der Waals surface area contributed by atoms with Crippen LogP contribution >= 0.6 is 12.2 Å². The Labute approximate surface area is 124 Å². The molecule has 1 amide bonds. The molecule has 0 bridgehead atoms. The summed E-state index contributed by atoms with van der Waals surface area (Å²) in [6.07, 6.45) is -0.440. The number of rotatable bonds is 2. The summed E-state index contributed by atoms with van der Waals surface area (Å²) < 4.78 is 5.07. The van der Waals surface area contributed by atoms with E-state index in [1.165, 1.54) is 10.5 Å². The number of nitrogens with zero attached hydrogens (tertiary/aromatic N) is 2. The number of hydrazine groups is 1. The van der Waals surface area contributed by atoms with Crippen LogP contribution in [-0.2, 0) is 4.74 Å². The molecule has 0 atom stereocenters. The molecule has 0 spiro atoms. The maximum absolute atomic E-state index is 12.1. The monoisotopic (exact) mass is 293 g/mol. The average molecular weight is 293 g/mol. The summed E-state index contributed by atoms with van der Waals surface area (Å²) in [4.78, 5) is 13.5. The maximum atomic E-state index is 12.1. The van der Waals surface area contributed by atoms with Gasteiger partial charge in [-0.15, -0.1) is 0 Å². The van der Waals surface area contributed by atoms with Gasteiger partial charge in [-0.05, 0) is 52.0 Å². The molecule has 1 saturated heterocycles. The molecular formula is C14H19N3O2S. The number of hydrogen-bond acceptors (Lipinski definition) is 4. The fourth-order valence-corrected chi connectivity index (χ4v) is 2.53. The Morgan fingerprint density at radius 2 is 1.95 bits per heavy atom. The SMILES string of the molecule is CCOC(=O)N1C(=S)N(c2ccc(C)cc2)NC1(C)C. The third kappa shape index (κ3) is 2.62. The summed E-state index contributed by atoms with van der Waals surface area (Å²) in [5.41, 5.74) is 4.65. The highest BCUT2D eigenvalue weighted by Crippen LogP contribution is 2.27. The largest absolute Gasteiger partial charge is 0.449 e. The lowest BCUT2D eigenvalue weighted by atomic mass is 10.2. The normalized spacial score (nSPS) is 17.5. The van der Waals surface area contributed by atoms with Gasteiger partial charge in [0.05, 0.1) is 12.3 Å². The van der Waals surface area contributed by atoms with Crippen molar-refractivity contribution in [2.24, 2.45) is 0 Å². The van der Waals surface area contributed by atoms with Crippen molar-refractivity contribution in [3.05, 3.63) is 29.8 Å². The third-order valence-corrected chi connectivity index (χ3v) is 3.43. The topological polar surface area (TPSA) is 44.8 Å². The molecule has 1 N–H and O–H groups in total. The number of nitrogens with one attached hydrogen (secondary N) is 1. The fraction of sp³-hybridized carbons (Fsp3) is 0.429. The maximum Gasteiger partial charge on any atom is 0.417 e. The van der Waals surface area contributed by atoms with Crippen molar-refractivity contribution >= 4 is 29.1 Å². The van der Waals surface area contributed by atoms with Gasteiger partial charge in [0.25, 0.3) is 0 Å². The highest BCUT2D eigenvalue weighted by Gasteiger charge is 2.45. The molecule has 0 aliphatic carbocycles. The van der Waals surface area contributed by atoms with Gasteiger partial charge in [-0.1, -0.05) is 17.7 Å². The molecule has 108 valence electrons. The van der Waals surface area contributed by atoms with Gasteiger partial charge >= 0.3 is 6.09 Å². The number of thiocarbonyl (C=S) groups is 1. The molecule has 20 heavy (non-hydrogen) atoms. The van der Waals surface area contributed by atoms with Crippen LogP contribution in [0.15, 0.2) is 24.3 Å². The highest BCUT2D eigenvalue weighted by atomic mass is 32.1. The van der Waals surface area contributed by atoms with Crippen LogP contribution in [0, 0.1) is 6.92 Å². The van der Waals surface area contributed by atoms with Crippen LogP contribution < -0.4 is 10.4 Å². The molecule has 0 radical (unpaired) electrons. The van der Waals surface area contributed by atoms with Crippen molar-refractivity contribution in [1.82, 2.24) is 10.3 Å². The summed E-state index contributed by atoms with van der Waals surface area (Å²) in [5, 5.41) is 2.11. The average Bonchev–Trinajstić information content (AvgIpc) is 2.61. The first-order valence-corrected chi connectivity index (χ1v) is 6.93. The van der Waals surface area contributed by atoms with Crippen molar-refractivity contribution < 1.29 is 9.53 Å². The lowest BCUT2D eigenvalue weighted by molar-refractivity contribution is 0.101. The number of carbonyl (C=O) groups excluding carboxylic acids is 1. The first-order valence-electron chi connectivity index (χ1n) is 6.52. The second-order valence-corrected chi connectivity index (χ2v) is 5.52. The van der Waals surface area contributed by atoms with Gasteiger partial charge in [0.15, 0.2) is 0 Å². The molecule has 2 rings (SSSR count). The quantitative estimate of drug-likeness (QED) is 0.850. The molecule has 6 heteroatoms. The first-order chi connectivity index (χ1) is 9.36. The van der Waals surface area contributed by atoms with Crippen molar-refractivity contribution in [3.63, 3.8) is 0 Å². The van der Waals surface area contributed by atoms with E-state index in [0.717, 1.165) is 5.69 Å². The molecule has 1 aromatic rings. The highest BCUT2D eigenvalue weighted by molar-refractivity contribution is 7.80. The van der Waals surface area contributed by atoms with E-state index in [-0.39, 0.29) is 0 Å². The Morgan fingerprint density at radius 1 is 1.35 bits per heavy atom. The summed E-state index contributed by atoms with van der Waals surface area (Å²) in [6.45, 7) is 7.87. The molecule has 0 unspecified atom stereocenters. The van der Waals surface area contributed by atoms with Gasteiger partial charge in [0.2, 0.25) is 5.11 Å². The van der Waals surface area contributed by atoms with E-state index in [9.17, 15) is 4.79 Å². The minimum Gasteiger partial charge on any atom is -0.449 e. The number of benzene rings is 1. The van der Waals surface area contributed by atoms with Gasteiger partial charge in [0.1, 0.15) is 5.66 Å². The Bertz CT molecular complexity index is 528. The summed E-state index contributed by atoms with van der Waals surface area (Å²) in [5.74, 6) is 0. The van der Waals surface area contributed by atoms with E-state index in [2.05, 4.69) is 5.43 Å². The molecule has 0 saturated carbocycles. The summed E-state index contributed by atoms with van der Waals surface area (Å²) in [6, 6.07) is 7.91. The molecule has 1 fully saturated rings. The van der Waals surface area contributed by atoms with E-state index < -0.39 is 11.8 Å². The summed E-state index contributed by atoms with van der Waals surface area (Å²) >= 11 is 5.40. The van der Waals surface area contributed by atoms with E-state index in [4.69, 9.17) is 17.0 Å². The fourth-order valence-electron chi connectivity index (χ4n) is 2.07. The zero-order chi connectivity index (χ0) is 14.9. The Hall–Kier alpha value is -1.66. The molecule has 1 heterocycles. The second-order valence-electron chi connectivity index (χ2n) is 5.16. The van der Waals surface area contributed by atoms with Gasteiger partial charge in [-0.2, -0.15) is 0 Å². The van der Waals surface area contributed by atoms with Crippen molar-refractivity contribution in [1.29, 1.82) is 0 Å². The molecule has 1 aliphatic heterocycles. The minimum atomic E-state index is -0.631. The number of amides is 1. The molecule has 1 aromatic carbocycles. The van der Waals surface area contributed by atoms with Gasteiger partial charge in [-0.25, -0.2) is 20.1 Å². The van der Waals surface area contributed by atoms with Crippen LogP contribution in [0.3, 0.4) is 0 Å². The van der Waals surface area contributed by atoms with Crippen LogP contribution in [-0.4, -0.2) is 28.4 Å². The first kappa shape index (κ1) is 14.7. The number of aryl methyl sites for hydroxylation is 1. The zero-order valence-electron chi connectivity index (χ0n) is 12.1. The molecule has 5 nitrogen and oxygen atoms in total. The third-order valence-electron chi connectivity index (χ3n) is 3.07. The van der Waals surface area contributed by atoms with Crippen LogP contribution in [0.2, 0.25) is 0 Å². The van der Waals surface area contributed by atoms with E-state index in [1.54, 1.807) is 11.9 Å². The van der Waals surface area contributed by atoms with Crippen molar-refractivity contribution in [2.75, 3.05) is 11.6 Å². The lowest BCUT2D eigenvalue weighted by Gasteiger charge is -2.27. The number of anilines is 1. The Morgan fingerprint density at radius 3 is 2.50 bits per heavy atom. The summed E-state index contributed by atoms with van der Waals surface area (Å²) in [7, 11) is 0. The van der Waals surface area contributed by atoms with Crippen LogP contribution in [0.5, 0.6) is 0 Å². The van der Waals surface area contributed by atoms with Crippen molar-refractivity contribution in [3.8, 4) is 0 Å². The lowest BCUT2D eigenvalue weighted by Crippen LogP contribution is -2.50. The number of ether oxygens (including phenoxy) is 1. The Balaban J connectivity index is 2.29. The van der Waals surface area contributed by atoms with Gasteiger partial charge in [-0.3, -0.25) is 0 Å². The van der Waals surface area contributed by atoms with E-state index >= 15 is 0 Å². The predicted octanol–water partition coefficient (Wildman–Crippen LogP) is 2.80. The Kier molecular flexibility index (Phi) is 3.96. The van der Waals surface area contributed by atoms with E-state index in [0.29, 0.717) is 11.7 Å². The van der Waals surface area contributed by atoms with Crippen LogP contribution in [0.25, 0.3) is 0 Å². The van der Waals surface area contributed by atoms with Gasteiger partial charge < -0.3 is 4.74 Å². The van der Waals surface area contributed by atoms with Crippen LogP contribution in [0.4, 0.5) is 10.5 Å². The zero-order valence-corrected chi connectivity index (χ0v) is 13.0. The van der Waals surface area contributed by atoms with Gasteiger partial charge in [0, 0.05) is 0 Å². The number of hydrogen-bond donors (Lipinski definition) is 1. The van der Waals surface area contributed by atoms with Crippen molar-refractivity contribution in [2.45, 2.75) is 33.4 Å².